The predicted molar refractivity (Wildman–Crippen MR) is 77.0 cm³/mol. The molecule has 0 radical (unpaired) electrons. The number of benzene rings is 1. The van der Waals surface area contributed by atoms with E-state index in [4.69, 9.17) is 11.6 Å². The Morgan fingerprint density at radius 1 is 1.25 bits per heavy atom. The number of carboxylic acids is 1. The van der Waals surface area contributed by atoms with Crippen molar-refractivity contribution in [1.29, 1.82) is 0 Å². The van der Waals surface area contributed by atoms with Gasteiger partial charge in [-0.25, -0.2) is 4.79 Å². The molecule has 0 saturated heterocycles. The van der Waals surface area contributed by atoms with Crippen molar-refractivity contribution in [2.45, 2.75) is 37.6 Å². The van der Waals surface area contributed by atoms with Crippen molar-refractivity contribution in [2.24, 2.45) is 0 Å². The fourth-order valence-electron chi connectivity index (χ4n) is 2.84. The lowest BCUT2D eigenvalue weighted by atomic mass is 9.80. The molecule has 1 saturated carbocycles. The number of carbonyl (C=O) groups is 2. The van der Waals surface area contributed by atoms with E-state index in [0.29, 0.717) is 23.4 Å². The van der Waals surface area contributed by atoms with Gasteiger partial charge in [0.2, 0.25) is 0 Å². The Morgan fingerprint density at radius 3 is 2.45 bits per heavy atom. The Labute approximate surface area is 123 Å². The Kier molecular flexibility index (Phi) is 4.33. The van der Waals surface area contributed by atoms with E-state index >= 15 is 0 Å². The maximum absolute atomic E-state index is 12.5. The highest BCUT2D eigenvalue weighted by Crippen LogP contribution is 2.34. The lowest BCUT2D eigenvalue weighted by molar-refractivity contribution is -0.151. The number of rotatable bonds is 3. The number of hydrogen-bond donors (Lipinski definition) is 1. The molecular weight excluding hydrogens is 278 g/mol. The molecule has 5 heteroatoms. The summed E-state index contributed by atoms with van der Waals surface area (Å²) in [6.45, 7) is 0. The van der Waals surface area contributed by atoms with Gasteiger partial charge in [-0.05, 0) is 31.0 Å². The third kappa shape index (κ3) is 2.66. The molecule has 0 aromatic heterocycles. The zero-order valence-electron chi connectivity index (χ0n) is 11.4. The normalized spacial score (nSPS) is 17.5. The summed E-state index contributed by atoms with van der Waals surface area (Å²) in [7, 11) is 1.57. The first-order chi connectivity index (χ1) is 9.47. The first kappa shape index (κ1) is 14.9. The van der Waals surface area contributed by atoms with Gasteiger partial charge in [-0.3, -0.25) is 4.79 Å². The Bertz CT molecular complexity index is 524. The molecule has 0 aliphatic heterocycles. The first-order valence-electron chi connectivity index (χ1n) is 6.74. The van der Waals surface area contributed by atoms with Crippen LogP contribution in [0.15, 0.2) is 24.3 Å². The van der Waals surface area contributed by atoms with Crippen LogP contribution in [0.1, 0.15) is 42.5 Å². The van der Waals surface area contributed by atoms with E-state index in [1.165, 1.54) is 4.90 Å². The summed E-state index contributed by atoms with van der Waals surface area (Å²) in [5.41, 5.74) is -0.663. The maximum Gasteiger partial charge on any atom is 0.329 e. The highest BCUT2D eigenvalue weighted by atomic mass is 35.5. The molecule has 0 atom stereocenters. The van der Waals surface area contributed by atoms with Gasteiger partial charge in [0.1, 0.15) is 5.54 Å². The first-order valence-corrected chi connectivity index (χ1v) is 7.12. The van der Waals surface area contributed by atoms with Gasteiger partial charge in [-0.2, -0.15) is 0 Å². The second-order valence-electron chi connectivity index (χ2n) is 5.27. The van der Waals surface area contributed by atoms with E-state index in [1.807, 2.05) is 0 Å². The van der Waals surface area contributed by atoms with Crippen molar-refractivity contribution in [3.05, 3.63) is 34.9 Å². The van der Waals surface area contributed by atoms with Crippen LogP contribution in [0.3, 0.4) is 0 Å². The second kappa shape index (κ2) is 5.83. The van der Waals surface area contributed by atoms with E-state index in [-0.39, 0.29) is 5.91 Å². The summed E-state index contributed by atoms with van der Waals surface area (Å²) in [4.78, 5) is 25.6. The minimum atomic E-state index is -1.09. The highest BCUT2D eigenvalue weighted by molar-refractivity contribution is 6.31. The zero-order valence-corrected chi connectivity index (χ0v) is 12.2. The van der Waals surface area contributed by atoms with Crippen molar-refractivity contribution >= 4 is 23.5 Å². The van der Waals surface area contributed by atoms with Gasteiger partial charge in [0.05, 0.1) is 0 Å². The quantitative estimate of drug-likeness (QED) is 0.931. The van der Waals surface area contributed by atoms with Gasteiger partial charge in [-0.1, -0.05) is 36.9 Å². The summed E-state index contributed by atoms with van der Waals surface area (Å²) in [6, 6.07) is 6.60. The van der Waals surface area contributed by atoms with Crippen LogP contribution in [0.25, 0.3) is 0 Å². The Hall–Kier alpha value is -1.55. The van der Waals surface area contributed by atoms with Crippen molar-refractivity contribution in [2.75, 3.05) is 7.05 Å². The van der Waals surface area contributed by atoms with Crippen molar-refractivity contribution in [3.8, 4) is 0 Å². The van der Waals surface area contributed by atoms with Gasteiger partial charge < -0.3 is 10.0 Å². The molecule has 0 heterocycles. The molecule has 0 unspecified atom stereocenters. The van der Waals surface area contributed by atoms with Crippen LogP contribution in [0.5, 0.6) is 0 Å². The van der Waals surface area contributed by atoms with Crippen molar-refractivity contribution < 1.29 is 14.7 Å². The van der Waals surface area contributed by atoms with Gasteiger partial charge >= 0.3 is 5.97 Å². The highest BCUT2D eigenvalue weighted by Gasteiger charge is 2.45. The SMILES string of the molecule is CN(C(=O)c1cccc(Cl)c1)C1(C(=O)O)CCCCC1. The number of halogens is 1. The Morgan fingerprint density at radius 2 is 1.90 bits per heavy atom. The number of amides is 1. The summed E-state index contributed by atoms with van der Waals surface area (Å²) >= 11 is 5.89. The summed E-state index contributed by atoms with van der Waals surface area (Å²) in [6.07, 6.45) is 3.70. The van der Waals surface area contributed by atoms with E-state index < -0.39 is 11.5 Å². The largest absolute Gasteiger partial charge is 0.479 e. The van der Waals surface area contributed by atoms with E-state index in [0.717, 1.165) is 19.3 Å². The number of nitrogens with zero attached hydrogens (tertiary/aromatic N) is 1. The van der Waals surface area contributed by atoms with Crippen LogP contribution >= 0.6 is 11.6 Å². The lowest BCUT2D eigenvalue weighted by Gasteiger charge is -2.41. The standard InChI is InChI=1S/C15H18ClNO3/c1-17(13(18)11-6-5-7-12(16)10-11)15(14(19)20)8-3-2-4-9-15/h5-7,10H,2-4,8-9H2,1H3,(H,19,20). The van der Waals surface area contributed by atoms with Crippen LogP contribution in [-0.4, -0.2) is 34.5 Å². The minimum absolute atomic E-state index is 0.295. The molecule has 0 bridgehead atoms. The number of carbonyl (C=O) groups excluding carboxylic acids is 1. The third-order valence-electron chi connectivity index (χ3n) is 4.10. The third-order valence-corrected chi connectivity index (χ3v) is 4.33. The smallest absolute Gasteiger partial charge is 0.329 e. The lowest BCUT2D eigenvalue weighted by Crippen LogP contribution is -2.56. The molecule has 20 heavy (non-hydrogen) atoms. The van der Waals surface area contributed by atoms with Gasteiger partial charge in [-0.15, -0.1) is 0 Å². The van der Waals surface area contributed by atoms with E-state index in [2.05, 4.69) is 0 Å². The maximum atomic E-state index is 12.5. The average Bonchev–Trinajstić information content (AvgIpc) is 2.46. The molecule has 1 aliphatic carbocycles. The monoisotopic (exact) mass is 295 g/mol. The number of carboxylic acid groups (broad SMARTS) is 1. The van der Waals surface area contributed by atoms with Gasteiger partial charge in [0.15, 0.2) is 0 Å². The van der Waals surface area contributed by atoms with Crippen LogP contribution in [-0.2, 0) is 4.79 Å². The average molecular weight is 296 g/mol. The Balaban J connectivity index is 2.30. The second-order valence-corrected chi connectivity index (χ2v) is 5.71. The number of hydrogen-bond acceptors (Lipinski definition) is 2. The molecule has 108 valence electrons. The molecule has 1 fully saturated rings. The summed E-state index contributed by atoms with van der Waals surface area (Å²) in [5.74, 6) is -1.22. The summed E-state index contributed by atoms with van der Waals surface area (Å²) < 4.78 is 0. The molecule has 1 N–H and O–H groups in total. The molecule has 4 nitrogen and oxygen atoms in total. The van der Waals surface area contributed by atoms with Crippen LogP contribution < -0.4 is 0 Å². The van der Waals surface area contributed by atoms with Crippen molar-refractivity contribution in [1.82, 2.24) is 4.90 Å². The predicted octanol–water partition coefficient (Wildman–Crippen LogP) is 3.20. The zero-order chi connectivity index (χ0) is 14.8. The summed E-state index contributed by atoms with van der Waals surface area (Å²) in [5, 5.41) is 10.1. The van der Waals surface area contributed by atoms with Crippen LogP contribution in [0.2, 0.25) is 5.02 Å². The van der Waals surface area contributed by atoms with Crippen LogP contribution in [0, 0.1) is 0 Å². The minimum Gasteiger partial charge on any atom is -0.479 e. The molecular formula is C15H18ClNO3. The molecule has 0 spiro atoms. The van der Waals surface area contributed by atoms with Crippen LogP contribution in [0.4, 0.5) is 0 Å². The molecule has 2 rings (SSSR count). The fraction of sp³-hybridized carbons (Fsp3) is 0.467. The van der Waals surface area contributed by atoms with E-state index in [9.17, 15) is 14.7 Å². The molecule has 1 aliphatic rings. The fourth-order valence-corrected chi connectivity index (χ4v) is 3.03. The number of likely N-dealkylation sites (N-methyl/N-ethyl adjacent to an activating group) is 1. The number of aliphatic carboxylic acids is 1. The molecule has 1 aromatic carbocycles. The van der Waals surface area contributed by atoms with Gasteiger partial charge in [0, 0.05) is 17.6 Å². The molecule has 1 aromatic rings. The van der Waals surface area contributed by atoms with E-state index in [1.54, 1.807) is 31.3 Å². The molecule has 1 amide bonds. The van der Waals surface area contributed by atoms with Crippen molar-refractivity contribution in [3.63, 3.8) is 0 Å². The topological polar surface area (TPSA) is 57.6 Å². The van der Waals surface area contributed by atoms with Gasteiger partial charge in [0.25, 0.3) is 5.91 Å².